The van der Waals surface area contributed by atoms with Crippen molar-refractivity contribution in [3.63, 3.8) is 0 Å². The predicted octanol–water partition coefficient (Wildman–Crippen LogP) is 4.08. The zero-order chi connectivity index (χ0) is 14.5. The number of benzene rings is 1. The van der Waals surface area contributed by atoms with Gasteiger partial charge in [-0.2, -0.15) is 0 Å². The van der Waals surface area contributed by atoms with E-state index in [-0.39, 0.29) is 0 Å². The van der Waals surface area contributed by atoms with Gasteiger partial charge in [-0.15, -0.1) is 0 Å². The smallest absolute Gasteiger partial charge is 0.150 e. The maximum atomic E-state index is 6.09. The molecule has 0 unspecified atom stereocenters. The van der Waals surface area contributed by atoms with Gasteiger partial charge in [-0.1, -0.05) is 11.6 Å². The first kappa shape index (κ1) is 14.9. The molecule has 5 nitrogen and oxygen atoms in total. The molecule has 2 rings (SSSR count). The molecule has 0 fully saturated rings. The van der Waals surface area contributed by atoms with Crippen molar-refractivity contribution in [1.29, 1.82) is 0 Å². The molecule has 2 aromatic rings. The highest BCUT2D eigenvalue weighted by atomic mass is 79.9. The Morgan fingerprint density at radius 3 is 2.70 bits per heavy atom. The maximum Gasteiger partial charge on any atom is 0.150 e. The lowest BCUT2D eigenvalue weighted by atomic mass is 10.3. The number of aromatic nitrogens is 2. The fourth-order valence-electron chi connectivity index (χ4n) is 1.63. The van der Waals surface area contributed by atoms with Crippen LogP contribution in [0.5, 0.6) is 5.75 Å². The van der Waals surface area contributed by atoms with Gasteiger partial charge in [-0.25, -0.2) is 9.97 Å². The van der Waals surface area contributed by atoms with Gasteiger partial charge in [-0.05, 0) is 41.1 Å². The van der Waals surface area contributed by atoms with Crippen LogP contribution < -0.4 is 15.4 Å². The summed E-state index contributed by atoms with van der Waals surface area (Å²) in [5, 5.41) is 6.87. The van der Waals surface area contributed by atoms with E-state index in [9.17, 15) is 0 Å². The lowest BCUT2D eigenvalue weighted by Crippen LogP contribution is -2.03. The van der Waals surface area contributed by atoms with Gasteiger partial charge in [0.25, 0.3) is 0 Å². The first-order valence-electron chi connectivity index (χ1n) is 6.00. The van der Waals surface area contributed by atoms with Crippen molar-refractivity contribution in [1.82, 2.24) is 9.97 Å². The maximum absolute atomic E-state index is 6.09. The zero-order valence-corrected chi connectivity index (χ0v) is 13.4. The van der Waals surface area contributed by atoms with E-state index in [0.717, 1.165) is 22.5 Å². The number of ether oxygens (including phenoxy) is 1. The van der Waals surface area contributed by atoms with Gasteiger partial charge in [0.05, 0.1) is 12.1 Å². The van der Waals surface area contributed by atoms with Crippen LogP contribution in [0.15, 0.2) is 29.0 Å². The standard InChI is InChI=1S/C13H14BrClN4O/c1-3-16-12-11(14)13(18-7-17-12)19-8-4-5-10(20-2)9(15)6-8/h4-7H,3H2,1-2H3,(H2,16,17,18,19). The Bertz CT molecular complexity index is 609. The first-order valence-corrected chi connectivity index (χ1v) is 7.17. The van der Waals surface area contributed by atoms with Crippen LogP contribution in [-0.2, 0) is 0 Å². The Hall–Kier alpha value is -1.53. The molecule has 0 amide bonds. The second-order valence-corrected chi connectivity index (χ2v) is 5.09. The minimum Gasteiger partial charge on any atom is -0.495 e. The Labute approximate surface area is 130 Å². The Balaban J connectivity index is 2.26. The molecule has 2 N–H and O–H groups in total. The summed E-state index contributed by atoms with van der Waals surface area (Å²) >= 11 is 9.57. The van der Waals surface area contributed by atoms with Crippen molar-refractivity contribution in [2.75, 3.05) is 24.3 Å². The molecular weight excluding hydrogens is 344 g/mol. The van der Waals surface area contributed by atoms with Gasteiger partial charge in [0.15, 0.2) is 0 Å². The Kier molecular flexibility index (Phi) is 5.03. The molecule has 0 spiro atoms. The summed E-state index contributed by atoms with van der Waals surface area (Å²) < 4.78 is 5.89. The van der Waals surface area contributed by atoms with E-state index in [1.54, 1.807) is 19.2 Å². The summed E-state index contributed by atoms with van der Waals surface area (Å²) in [5.74, 6) is 2.04. The summed E-state index contributed by atoms with van der Waals surface area (Å²) in [4.78, 5) is 8.37. The number of hydrogen-bond acceptors (Lipinski definition) is 5. The van der Waals surface area contributed by atoms with E-state index in [1.165, 1.54) is 6.33 Å². The fraction of sp³-hybridized carbons (Fsp3) is 0.231. The van der Waals surface area contributed by atoms with Crippen LogP contribution in [0, 0.1) is 0 Å². The van der Waals surface area contributed by atoms with E-state index in [1.807, 2.05) is 13.0 Å². The second kappa shape index (κ2) is 6.76. The minimum atomic E-state index is 0.537. The molecule has 0 aliphatic heterocycles. The molecule has 20 heavy (non-hydrogen) atoms. The van der Waals surface area contributed by atoms with Crippen LogP contribution in [0.2, 0.25) is 5.02 Å². The summed E-state index contributed by atoms with van der Waals surface area (Å²) in [5.41, 5.74) is 0.817. The van der Waals surface area contributed by atoms with Crippen molar-refractivity contribution in [3.8, 4) is 5.75 Å². The second-order valence-electron chi connectivity index (χ2n) is 3.89. The molecule has 0 aliphatic rings. The van der Waals surface area contributed by atoms with E-state index in [0.29, 0.717) is 16.6 Å². The summed E-state index contributed by atoms with van der Waals surface area (Å²) in [6, 6.07) is 5.44. The van der Waals surface area contributed by atoms with Crippen molar-refractivity contribution >= 4 is 44.9 Å². The van der Waals surface area contributed by atoms with E-state index < -0.39 is 0 Å². The van der Waals surface area contributed by atoms with Crippen LogP contribution in [0.4, 0.5) is 17.3 Å². The first-order chi connectivity index (χ1) is 9.65. The average molecular weight is 358 g/mol. The number of methoxy groups -OCH3 is 1. The lowest BCUT2D eigenvalue weighted by Gasteiger charge is -2.11. The van der Waals surface area contributed by atoms with E-state index in [2.05, 4.69) is 36.5 Å². The number of halogens is 2. The number of nitrogens with zero attached hydrogens (tertiary/aromatic N) is 2. The van der Waals surface area contributed by atoms with Crippen molar-refractivity contribution in [2.45, 2.75) is 6.92 Å². The van der Waals surface area contributed by atoms with Gasteiger partial charge in [0.1, 0.15) is 28.2 Å². The SMILES string of the molecule is CCNc1ncnc(Nc2ccc(OC)c(Cl)c2)c1Br. The highest BCUT2D eigenvalue weighted by Gasteiger charge is 2.09. The van der Waals surface area contributed by atoms with Crippen molar-refractivity contribution < 1.29 is 4.74 Å². The van der Waals surface area contributed by atoms with E-state index in [4.69, 9.17) is 16.3 Å². The summed E-state index contributed by atoms with van der Waals surface area (Å²) in [6.07, 6.45) is 1.50. The summed E-state index contributed by atoms with van der Waals surface area (Å²) in [6.45, 7) is 2.79. The van der Waals surface area contributed by atoms with Gasteiger partial charge in [-0.3, -0.25) is 0 Å². The monoisotopic (exact) mass is 356 g/mol. The van der Waals surface area contributed by atoms with Gasteiger partial charge < -0.3 is 15.4 Å². The van der Waals surface area contributed by atoms with Crippen LogP contribution in [0.25, 0.3) is 0 Å². The molecule has 1 aromatic heterocycles. The number of rotatable bonds is 5. The molecule has 7 heteroatoms. The molecule has 1 heterocycles. The third-order valence-corrected chi connectivity index (χ3v) is 3.59. The van der Waals surface area contributed by atoms with Crippen molar-refractivity contribution in [2.24, 2.45) is 0 Å². The van der Waals surface area contributed by atoms with Crippen molar-refractivity contribution in [3.05, 3.63) is 34.0 Å². The molecule has 0 radical (unpaired) electrons. The molecule has 0 atom stereocenters. The highest BCUT2D eigenvalue weighted by Crippen LogP contribution is 2.32. The highest BCUT2D eigenvalue weighted by molar-refractivity contribution is 9.10. The lowest BCUT2D eigenvalue weighted by molar-refractivity contribution is 0.415. The topological polar surface area (TPSA) is 59.1 Å². The largest absolute Gasteiger partial charge is 0.495 e. The van der Waals surface area contributed by atoms with Crippen LogP contribution in [-0.4, -0.2) is 23.6 Å². The molecule has 0 aliphatic carbocycles. The average Bonchev–Trinajstić information content (AvgIpc) is 2.44. The van der Waals surface area contributed by atoms with Gasteiger partial charge in [0, 0.05) is 12.2 Å². The van der Waals surface area contributed by atoms with Crippen LogP contribution in [0.3, 0.4) is 0 Å². The zero-order valence-electron chi connectivity index (χ0n) is 11.1. The van der Waals surface area contributed by atoms with E-state index >= 15 is 0 Å². The third kappa shape index (κ3) is 3.32. The normalized spacial score (nSPS) is 10.2. The fourth-order valence-corrected chi connectivity index (χ4v) is 2.33. The molecule has 1 aromatic carbocycles. The molecule has 106 valence electrons. The Morgan fingerprint density at radius 2 is 2.05 bits per heavy atom. The molecule has 0 bridgehead atoms. The van der Waals surface area contributed by atoms with Gasteiger partial charge >= 0.3 is 0 Å². The van der Waals surface area contributed by atoms with Gasteiger partial charge in [0.2, 0.25) is 0 Å². The number of nitrogens with one attached hydrogen (secondary N) is 2. The molecular formula is C13H14BrClN4O. The molecule has 0 saturated carbocycles. The third-order valence-electron chi connectivity index (χ3n) is 2.55. The van der Waals surface area contributed by atoms with Crippen LogP contribution in [0.1, 0.15) is 6.92 Å². The number of hydrogen-bond donors (Lipinski definition) is 2. The molecule has 0 saturated heterocycles. The number of anilines is 3. The summed E-state index contributed by atoms with van der Waals surface area (Å²) in [7, 11) is 1.58. The predicted molar refractivity (Wildman–Crippen MR) is 85.2 cm³/mol. The minimum absolute atomic E-state index is 0.537. The van der Waals surface area contributed by atoms with Crippen LogP contribution >= 0.6 is 27.5 Å². The quantitative estimate of drug-likeness (QED) is 0.844. The Morgan fingerprint density at radius 1 is 1.30 bits per heavy atom.